The normalized spacial score (nSPS) is 10.7. The van der Waals surface area contributed by atoms with Crippen molar-refractivity contribution in [3.63, 3.8) is 0 Å². The van der Waals surface area contributed by atoms with Gasteiger partial charge in [-0.15, -0.1) is 5.10 Å². The molecule has 5 nitrogen and oxygen atoms in total. The zero-order chi connectivity index (χ0) is 13.9. The quantitative estimate of drug-likeness (QED) is 0.763. The zero-order valence-electron chi connectivity index (χ0n) is 11.1. The van der Waals surface area contributed by atoms with Gasteiger partial charge in [0.25, 0.3) is 5.91 Å². The lowest BCUT2D eigenvalue weighted by Gasteiger charge is -2.05. The first-order valence-corrected chi connectivity index (χ1v) is 6.37. The summed E-state index contributed by atoms with van der Waals surface area (Å²) in [5.74, 6) is -0.115. The molecular formula is C15H14N4O. The van der Waals surface area contributed by atoms with Crippen LogP contribution in [0, 0.1) is 6.92 Å². The first-order chi connectivity index (χ1) is 9.72. The van der Waals surface area contributed by atoms with Gasteiger partial charge in [0.05, 0.1) is 5.52 Å². The largest absolute Gasteiger partial charge is 0.348 e. The first kappa shape index (κ1) is 12.3. The second-order valence-electron chi connectivity index (χ2n) is 4.71. The predicted octanol–water partition coefficient (Wildman–Crippen LogP) is 2.20. The molecule has 0 saturated carbocycles. The molecule has 0 aliphatic carbocycles. The van der Waals surface area contributed by atoms with Crippen LogP contribution in [0.25, 0.3) is 11.0 Å². The minimum atomic E-state index is -0.115. The number of aromatic amines is 1. The molecule has 1 aromatic heterocycles. The summed E-state index contributed by atoms with van der Waals surface area (Å²) >= 11 is 0. The van der Waals surface area contributed by atoms with Crippen LogP contribution in [0.4, 0.5) is 0 Å². The van der Waals surface area contributed by atoms with Gasteiger partial charge in [-0.3, -0.25) is 9.89 Å². The summed E-state index contributed by atoms with van der Waals surface area (Å²) in [6.07, 6.45) is 0. The topological polar surface area (TPSA) is 70.7 Å². The molecule has 100 valence electrons. The minimum absolute atomic E-state index is 0.115. The number of fused-ring (bicyclic) bond motifs is 1. The predicted molar refractivity (Wildman–Crippen MR) is 76.2 cm³/mol. The molecule has 2 aromatic carbocycles. The zero-order valence-corrected chi connectivity index (χ0v) is 11.1. The van der Waals surface area contributed by atoms with Crippen LogP contribution < -0.4 is 5.32 Å². The van der Waals surface area contributed by atoms with Gasteiger partial charge in [0.15, 0.2) is 0 Å². The molecule has 1 amide bonds. The van der Waals surface area contributed by atoms with Gasteiger partial charge in [-0.1, -0.05) is 35.0 Å². The Morgan fingerprint density at radius 2 is 2.00 bits per heavy atom. The Hall–Kier alpha value is -2.69. The maximum atomic E-state index is 12.1. The van der Waals surface area contributed by atoms with Gasteiger partial charge >= 0.3 is 0 Å². The number of rotatable bonds is 3. The van der Waals surface area contributed by atoms with Crippen molar-refractivity contribution in [2.45, 2.75) is 13.5 Å². The fraction of sp³-hybridized carbons (Fsp3) is 0.133. The molecular weight excluding hydrogens is 252 g/mol. The van der Waals surface area contributed by atoms with Crippen LogP contribution in [-0.2, 0) is 6.54 Å². The lowest BCUT2D eigenvalue weighted by molar-refractivity contribution is 0.0951. The molecule has 2 N–H and O–H groups in total. The van der Waals surface area contributed by atoms with E-state index in [9.17, 15) is 4.79 Å². The molecule has 0 bridgehead atoms. The number of H-pyrrole nitrogens is 1. The Kier molecular flexibility index (Phi) is 3.16. The van der Waals surface area contributed by atoms with Crippen LogP contribution in [0.3, 0.4) is 0 Å². The number of nitrogens with zero attached hydrogens (tertiary/aromatic N) is 2. The lowest BCUT2D eigenvalue weighted by Crippen LogP contribution is -2.22. The molecule has 3 rings (SSSR count). The van der Waals surface area contributed by atoms with E-state index in [2.05, 4.69) is 20.7 Å². The molecule has 0 radical (unpaired) electrons. The third kappa shape index (κ3) is 2.51. The van der Waals surface area contributed by atoms with Gasteiger partial charge < -0.3 is 5.32 Å². The summed E-state index contributed by atoms with van der Waals surface area (Å²) in [5.41, 5.74) is 4.37. The van der Waals surface area contributed by atoms with E-state index >= 15 is 0 Å². The van der Waals surface area contributed by atoms with Crippen LogP contribution in [0.15, 0.2) is 42.5 Å². The lowest BCUT2D eigenvalue weighted by atomic mass is 10.1. The summed E-state index contributed by atoms with van der Waals surface area (Å²) in [6.45, 7) is 2.55. The Bertz CT molecular complexity index is 746. The highest BCUT2D eigenvalue weighted by molar-refractivity contribution is 5.97. The number of aryl methyl sites for hydroxylation is 1. The summed E-state index contributed by atoms with van der Waals surface area (Å²) in [5, 5.41) is 13.3. The van der Waals surface area contributed by atoms with Crippen LogP contribution in [0.1, 0.15) is 21.5 Å². The number of hydrogen-bond donors (Lipinski definition) is 2. The number of amides is 1. The second kappa shape index (κ2) is 5.13. The van der Waals surface area contributed by atoms with E-state index in [0.29, 0.717) is 17.6 Å². The Morgan fingerprint density at radius 3 is 2.80 bits per heavy atom. The van der Waals surface area contributed by atoms with Crippen molar-refractivity contribution in [1.82, 2.24) is 20.7 Å². The third-order valence-electron chi connectivity index (χ3n) is 3.16. The summed E-state index contributed by atoms with van der Waals surface area (Å²) in [4.78, 5) is 12.1. The molecule has 5 heteroatoms. The van der Waals surface area contributed by atoms with Crippen LogP contribution >= 0.6 is 0 Å². The standard InChI is InChI=1S/C15H14N4O/c1-10-2-4-11(5-3-10)9-16-15(20)12-6-7-13-14(8-12)18-19-17-13/h2-8H,9H2,1H3,(H,16,20)(H,17,18,19). The van der Waals surface area contributed by atoms with Crippen LogP contribution in [0.2, 0.25) is 0 Å². The molecule has 0 saturated heterocycles. The molecule has 0 fully saturated rings. The van der Waals surface area contributed by atoms with Crippen LogP contribution in [0.5, 0.6) is 0 Å². The van der Waals surface area contributed by atoms with Gasteiger partial charge in [0.1, 0.15) is 5.52 Å². The van der Waals surface area contributed by atoms with E-state index in [1.54, 1.807) is 18.2 Å². The van der Waals surface area contributed by atoms with Gasteiger partial charge in [-0.25, -0.2) is 0 Å². The third-order valence-corrected chi connectivity index (χ3v) is 3.16. The maximum Gasteiger partial charge on any atom is 0.251 e. The van der Waals surface area contributed by atoms with Crippen molar-refractivity contribution >= 4 is 16.9 Å². The molecule has 0 unspecified atom stereocenters. The fourth-order valence-electron chi connectivity index (χ4n) is 1.97. The molecule has 0 aliphatic rings. The number of nitrogens with one attached hydrogen (secondary N) is 2. The summed E-state index contributed by atoms with van der Waals surface area (Å²) < 4.78 is 0. The van der Waals surface area contributed by atoms with E-state index in [0.717, 1.165) is 11.1 Å². The highest BCUT2D eigenvalue weighted by atomic mass is 16.1. The van der Waals surface area contributed by atoms with E-state index in [1.165, 1.54) is 5.56 Å². The molecule has 20 heavy (non-hydrogen) atoms. The number of benzene rings is 2. The van der Waals surface area contributed by atoms with Gasteiger partial charge in [-0.05, 0) is 30.7 Å². The average Bonchev–Trinajstić information content (AvgIpc) is 2.93. The van der Waals surface area contributed by atoms with Crippen molar-refractivity contribution in [3.8, 4) is 0 Å². The van der Waals surface area contributed by atoms with Crippen molar-refractivity contribution in [2.75, 3.05) is 0 Å². The smallest absolute Gasteiger partial charge is 0.251 e. The monoisotopic (exact) mass is 266 g/mol. The number of hydrogen-bond acceptors (Lipinski definition) is 3. The Balaban J connectivity index is 1.70. The van der Waals surface area contributed by atoms with Crippen molar-refractivity contribution in [3.05, 3.63) is 59.2 Å². The first-order valence-electron chi connectivity index (χ1n) is 6.37. The van der Waals surface area contributed by atoms with E-state index < -0.39 is 0 Å². The van der Waals surface area contributed by atoms with E-state index in [-0.39, 0.29) is 5.91 Å². The van der Waals surface area contributed by atoms with Crippen LogP contribution in [-0.4, -0.2) is 21.3 Å². The Labute approximate surface area is 116 Å². The number of aromatic nitrogens is 3. The number of carbonyl (C=O) groups is 1. The average molecular weight is 266 g/mol. The van der Waals surface area contributed by atoms with Crippen molar-refractivity contribution < 1.29 is 4.79 Å². The van der Waals surface area contributed by atoms with Crippen molar-refractivity contribution in [1.29, 1.82) is 0 Å². The second-order valence-corrected chi connectivity index (χ2v) is 4.71. The maximum absolute atomic E-state index is 12.1. The highest BCUT2D eigenvalue weighted by Gasteiger charge is 2.07. The summed E-state index contributed by atoms with van der Waals surface area (Å²) in [7, 11) is 0. The molecule has 1 heterocycles. The molecule has 0 aliphatic heterocycles. The minimum Gasteiger partial charge on any atom is -0.348 e. The molecule has 0 atom stereocenters. The van der Waals surface area contributed by atoms with E-state index in [1.807, 2.05) is 31.2 Å². The van der Waals surface area contributed by atoms with Gasteiger partial charge in [-0.2, -0.15) is 0 Å². The molecule has 3 aromatic rings. The van der Waals surface area contributed by atoms with E-state index in [4.69, 9.17) is 0 Å². The molecule has 0 spiro atoms. The SMILES string of the molecule is Cc1ccc(CNC(=O)c2ccc3[nH]nnc3c2)cc1. The fourth-order valence-corrected chi connectivity index (χ4v) is 1.97. The van der Waals surface area contributed by atoms with Gasteiger partial charge in [0.2, 0.25) is 0 Å². The Morgan fingerprint density at radius 1 is 1.20 bits per heavy atom. The van der Waals surface area contributed by atoms with Gasteiger partial charge in [0, 0.05) is 12.1 Å². The number of carbonyl (C=O) groups excluding carboxylic acids is 1. The summed E-state index contributed by atoms with van der Waals surface area (Å²) in [6, 6.07) is 13.4. The van der Waals surface area contributed by atoms with Crippen molar-refractivity contribution in [2.24, 2.45) is 0 Å². The highest BCUT2D eigenvalue weighted by Crippen LogP contribution is 2.10.